The van der Waals surface area contributed by atoms with Crippen molar-refractivity contribution in [2.24, 2.45) is 0 Å². The fraction of sp³-hybridized carbons (Fsp3) is 0.0833. The van der Waals surface area contributed by atoms with E-state index in [-0.39, 0.29) is 21.6 Å². The van der Waals surface area contributed by atoms with Gasteiger partial charge in [-0.1, -0.05) is 23.2 Å². The number of halogens is 3. The predicted octanol–water partition coefficient (Wildman–Crippen LogP) is 3.22. The Balaban J connectivity index is 2.45. The second kappa shape index (κ2) is 5.67. The first-order valence-corrected chi connectivity index (χ1v) is 7.84. The second-order valence-corrected chi connectivity index (χ2v) is 6.67. The zero-order chi connectivity index (χ0) is 15.8. The van der Waals surface area contributed by atoms with Gasteiger partial charge in [0.25, 0.3) is 10.0 Å². The Morgan fingerprint density at radius 2 is 1.95 bits per heavy atom. The van der Waals surface area contributed by atoms with E-state index in [1.54, 1.807) is 6.92 Å². The summed E-state index contributed by atoms with van der Waals surface area (Å²) < 4.78 is 40.5. The molecule has 5 nitrogen and oxygen atoms in total. The van der Waals surface area contributed by atoms with Gasteiger partial charge in [-0.15, -0.1) is 0 Å². The molecule has 9 heteroatoms. The fourth-order valence-electron chi connectivity index (χ4n) is 1.60. The van der Waals surface area contributed by atoms with Crippen molar-refractivity contribution in [1.82, 2.24) is 4.98 Å². The van der Waals surface area contributed by atoms with Gasteiger partial charge in [-0.2, -0.15) is 0 Å². The van der Waals surface area contributed by atoms with Crippen molar-refractivity contribution in [2.75, 3.05) is 10.5 Å². The van der Waals surface area contributed by atoms with E-state index in [0.29, 0.717) is 5.56 Å². The molecule has 1 aromatic heterocycles. The van der Waals surface area contributed by atoms with Crippen LogP contribution >= 0.6 is 23.2 Å². The van der Waals surface area contributed by atoms with Crippen molar-refractivity contribution in [2.45, 2.75) is 11.8 Å². The van der Waals surface area contributed by atoms with Crippen LogP contribution in [-0.2, 0) is 10.0 Å². The van der Waals surface area contributed by atoms with Crippen LogP contribution in [0.5, 0.6) is 0 Å². The first-order chi connectivity index (χ1) is 9.70. The summed E-state index contributed by atoms with van der Waals surface area (Å²) in [5.41, 5.74) is 6.24. The number of nitrogens with one attached hydrogen (secondary N) is 1. The second-order valence-electron chi connectivity index (χ2n) is 4.25. The van der Waals surface area contributed by atoms with Gasteiger partial charge < -0.3 is 5.73 Å². The van der Waals surface area contributed by atoms with E-state index in [9.17, 15) is 12.8 Å². The summed E-state index contributed by atoms with van der Waals surface area (Å²) in [6.45, 7) is 1.66. The zero-order valence-electron chi connectivity index (χ0n) is 10.7. The van der Waals surface area contributed by atoms with Gasteiger partial charge in [-0.25, -0.2) is 17.8 Å². The summed E-state index contributed by atoms with van der Waals surface area (Å²) in [7, 11) is -4.19. The van der Waals surface area contributed by atoms with E-state index in [0.717, 1.165) is 12.1 Å². The topological polar surface area (TPSA) is 85.1 Å². The van der Waals surface area contributed by atoms with Gasteiger partial charge >= 0.3 is 0 Å². The Labute approximate surface area is 130 Å². The lowest BCUT2D eigenvalue weighted by atomic mass is 10.3. The van der Waals surface area contributed by atoms with Crippen LogP contribution in [0.15, 0.2) is 29.3 Å². The summed E-state index contributed by atoms with van der Waals surface area (Å²) in [5, 5.41) is -0.128. The summed E-state index contributed by atoms with van der Waals surface area (Å²) in [5.74, 6) is -1.07. The minimum Gasteiger partial charge on any atom is -0.399 e. The molecule has 1 aromatic carbocycles. The normalized spacial score (nSPS) is 11.4. The van der Waals surface area contributed by atoms with Crippen LogP contribution in [-0.4, -0.2) is 13.4 Å². The SMILES string of the molecule is Cc1cc(NS(=O)(=O)c2cc(N)cc(Cl)c2F)cnc1Cl. The molecule has 0 aliphatic rings. The van der Waals surface area contributed by atoms with E-state index in [1.165, 1.54) is 12.3 Å². The average Bonchev–Trinajstić information content (AvgIpc) is 2.37. The van der Waals surface area contributed by atoms with Gasteiger partial charge in [0.2, 0.25) is 0 Å². The summed E-state index contributed by atoms with van der Waals surface area (Å²) in [6, 6.07) is 3.59. The molecule has 0 saturated carbocycles. The maximum absolute atomic E-state index is 13.9. The lowest BCUT2D eigenvalue weighted by Crippen LogP contribution is -2.15. The summed E-state index contributed by atoms with van der Waals surface area (Å²) in [4.78, 5) is 3.17. The van der Waals surface area contributed by atoms with Crippen molar-refractivity contribution in [1.29, 1.82) is 0 Å². The number of anilines is 2. The number of hydrogen-bond donors (Lipinski definition) is 2. The zero-order valence-corrected chi connectivity index (χ0v) is 13.0. The Morgan fingerprint density at radius 3 is 2.57 bits per heavy atom. The molecule has 0 aliphatic carbocycles. The van der Waals surface area contributed by atoms with Gasteiger partial charge in [0.15, 0.2) is 5.82 Å². The summed E-state index contributed by atoms with van der Waals surface area (Å²) >= 11 is 11.4. The van der Waals surface area contributed by atoms with Crippen LogP contribution in [0, 0.1) is 12.7 Å². The highest BCUT2D eigenvalue weighted by molar-refractivity contribution is 7.92. The molecule has 0 radical (unpaired) electrons. The maximum Gasteiger partial charge on any atom is 0.264 e. The van der Waals surface area contributed by atoms with Gasteiger partial charge in [-0.3, -0.25) is 4.72 Å². The third kappa shape index (κ3) is 3.37. The predicted molar refractivity (Wildman–Crippen MR) is 80.6 cm³/mol. The van der Waals surface area contributed by atoms with Crippen molar-refractivity contribution in [3.63, 3.8) is 0 Å². The highest BCUT2D eigenvalue weighted by Gasteiger charge is 2.22. The van der Waals surface area contributed by atoms with Crippen LogP contribution < -0.4 is 10.5 Å². The molecule has 1 heterocycles. The van der Waals surface area contributed by atoms with Crippen LogP contribution in [0.2, 0.25) is 10.2 Å². The fourth-order valence-corrected chi connectivity index (χ4v) is 3.16. The quantitative estimate of drug-likeness (QED) is 0.658. The largest absolute Gasteiger partial charge is 0.399 e. The Kier molecular flexibility index (Phi) is 4.27. The molecule has 0 aliphatic heterocycles. The number of aryl methyl sites for hydroxylation is 1. The molecule has 0 bridgehead atoms. The maximum atomic E-state index is 13.9. The van der Waals surface area contributed by atoms with Crippen LogP contribution in [0.3, 0.4) is 0 Å². The molecular formula is C12H10Cl2FN3O2S. The number of pyridine rings is 1. The van der Waals surface area contributed by atoms with Crippen LogP contribution in [0.4, 0.5) is 15.8 Å². The number of benzene rings is 1. The number of hydrogen-bond acceptors (Lipinski definition) is 4. The molecule has 2 rings (SSSR count). The van der Waals surface area contributed by atoms with Gasteiger partial charge in [-0.05, 0) is 30.7 Å². The van der Waals surface area contributed by atoms with Crippen LogP contribution in [0.25, 0.3) is 0 Å². The first kappa shape index (κ1) is 15.8. The van der Waals surface area contributed by atoms with Crippen molar-refractivity contribution >= 4 is 44.6 Å². The van der Waals surface area contributed by atoms with E-state index in [4.69, 9.17) is 28.9 Å². The molecule has 21 heavy (non-hydrogen) atoms. The highest BCUT2D eigenvalue weighted by Crippen LogP contribution is 2.27. The first-order valence-electron chi connectivity index (χ1n) is 5.60. The number of aromatic nitrogens is 1. The number of rotatable bonds is 3. The Hall–Kier alpha value is -1.57. The third-order valence-electron chi connectivity index (χ3n) is 2.57. The monoisotopic (exact) mass is 349 g/mol. The van der Waals surface area contributed by atoms with E-state index < -0.39 is 20.7 Å². The minimum absolute atomic E-state index is 0.0344. The molecule has 0 fully saturated rings. The highest BCUT2D eigenvalue weighted by atomic mass is 35.5. The molecule has 0 spiro atoms. The number of sulfonamides is 1. The van der Waals surface area contributed by atoms with Gasteiger partial charge in [0.1, 0.15) is 10.0 Å². The van der Waals surface area contributed by atoms with E-state index >= 15 is 0 Å². The molecule has 3 N–H and O–H groups in total. The van der Waals surface area contributed by atoms with Crippen molar-refractivity contribution in [3.8, 4) is 0 Å². The lowest BCUT2D eigenvalue weighted by Gasteiger charge is -2.11. The van der Waals surface area contributed by atoms with Gasteiger partial charge in [0.05, 0.1) is 16.9 Å². The van der Waals surface area contributed by atoms with Gasteiger partial charge in [0, 0.05) is 5.69 Å². The standard InChI is InChI=1S/C12H10Cl2FN3O2S/c1-6-2-8(5-17-12(6)14)18-21(19,20)10-4-7(16)3-9(13)11(10)15/h2-5,18H,16H2,1H3. The smallest absolute Gasteiger partial charge is 0.264 e. The number of nitrogen functional groups attached to an aromatic ring is 1. The lowest BCUT2D eigenvalue weighted by molar-refractivity contribution is 0.571. The van der Waals surface area contributed by atoms with Crippen LogP contribution in [0.1, 0.15) is 5.56 Å². The Morgan fingerprint density at radius 1 is 1.29 bits per heavy atom. The summed E-state index contributed by atoms with van der Waals surface area (Å²) in [6.07, 6.45) is 1.22. The minimum atomic E-state index is -4.19. The molecule has 0 atom stereocenters. The molecule has 112 valence electrons. The molecule has 0 saturated heterocycles. The van der Waals surface area contributed by atoms with Crippen molar-refractivity contribution < 1.29 is 12.8 Å². The number of nitrogens with zero attached hydrogens (tertiary/aromatic N) is 1. The van der Waals surface area contributed by atoms with Crippen molar-refractivity contribution in [3.05, 3.63) is 46.0 Å². The molecule has 2 aromatic rings. The Bertz CT molecular complexity index is 812. The molecule has 0 amide bonds. The average molecular weight is 350 g/mol. The number of nitrogens with two attached hydrogens (primary N) is 1. The van der Waals surface area contributed by atoms with E-state index in [1.807, 2.05) is 0 Å². The molecular weight excluding hydrogens is 340 g/mol. The molecule has 0 unspecified atom stereocenters. The van der Waals surface area contributed by atoms with E-state index in [2.05, 4.69) is 9.71 Å². The third-order valence-corrected chi connectivity index (χ3v) is 4.62.